The molecular weight excluding hydrogens is 370 g/mol. The molecule has 0 spiro atoms. The minimum Gasteiger partial charge on any atom is -0.465 e. The van der Waals surface area contributed by atoms with Gasteiger partial charge >= 0.3 is 18.3 Å². The molecule has 3 amide bonds. The number of aliphatic hydroxyl groups is 1. The van der Waals surface area contributed by atoms with Crippen molar-refractivity contribution in [3.63, 3.8) is 0 Å². The molecule has 1 aromatic rings. The molecule has 28 heavy (non-hydrogen) atoms. The van der Waals surface area contributed by atoms with Crippen LogP contribution in [-0.2, 0) is 6.61 Å². The van der Waals surface area contributed by atoms with E-state index in [1.807, 2.05) is 0 Å². The molecule has 0 saturated carbocycles. The summed E-state index contributed by atoms with van der Waals surface area (Å²) in [6.07, 6.45) is -3.64. The molecule has 10 heteroatoms. The zero-order valence-electron chi connectivity index (χ0n) is 16.9. The normalized spacial score (nSPS) is 11.1. The van der Waals surface area contributed by atoms with Gasteiger partial charge in [0.05, 0.1) is 18.0 Å². The minimum absolute atomic E-state index is 0.312. The second-order valence-corrected chi connectivity index (χ2v) is 7.93. The van der Waals surface area contributed by atoms with Crippen LogP contribution in [0.15, 0.2) is 18.2 Å². The van der Waals surface area contributed by atoms with Crippen molar-refractivity contribution in [2.75, 3.05) is 9.80 Å². The fourth-order valence-electron chi connectivity index (χ4n) is 2.58. The Kier molecular flexibility index (Phi) is 8.27. The van der Waals surface area contributed by atoms with Crippen LogP contribution < -0.4 is 15.5 Å². The molecule has 0 aliphatic carbocycles. The van der Waals surface area contributed by atoms with Gasteiger partial charge in [-0.05, 0) is 65.3 Å². The van der Waals surface area contributed by atoms with Crippen molar-refractivity contribution in [2.45, 2.75) is 59.2 Å². The summed E-state index contributed by atoms with van der Waals surface area (Å²) in [5.74, 6) is 0. The Morgan fingerprint density at radius 3 is 1.29 bits per heavy atom. The SMILES string of the molecule is CC(C)(C)N(C(=O)O)c1cc(CO)cc(N(C(=O)O)C(C)(C)C)c1.NC(=O)O. The largest absolute Gasteiger partial charge is 0.465 e. The van der Waals surface area contributed by atoms with Gasteiger partial charge in [0.25, 0.3) is 0 Å². The Bertz CT molecular complexity index is 667. The Morgan fingerprint density at radius 2 is 1.11 bits per heavy atom. The van der Waals surface area contributed by atoms with E-state index in [1.165, 1.54) is 6.07 Å². The van der Waals surface area contributed by atoms with E-state index in [-0.39, 0.29) is 6.61 Å². The fourth-order valence-corrected chi connectivity index (χ4v) is 2.58. The lowest BCUT2D eigenvalue weighted by atomic mass is 10.0. The molecule has 6 N–H and O–H groups in total. The van der Waals surface area contributed by atoms with Crippen LogP contribution in [0.2, 0.25) is 0 Å². The van der Waals surface area contributed by atoms with Crippen molar-refractivity contribution < 1.29 is 34.8 Å². The van der Waals surface area contributed by atoms with E-state index in [4.69, 9.17) is 9.90 Å². The summed E-state index contributed by atoms with van der Waals surface area (Å²) in [5, 5.41) is 35.8. The van der Waals surface area contributed by atoms with E-state index in [0.717, 1.165) is 9.80 Å². The summed E-state index contributed by atoms with van der Waals surface area (Å²) in [5.41, 5.74) is 3.63. The predicted octanol–water partition coefficient (Wildman–Crippen LogP) is 3.37. The van der Waals surface area contributed by atoms with Gasteiger partial charge < -0.3 is 26.2 Å². The standard InChI is InChI=1S/C17H26N2O5.CH3NO2/c1-16(2,3)18(14(21)22)12-7-11(10-20)8-13(9-12)19(15(23)24)17(4,5)6;2-1(3)4/h7-9,20H,10H2,1-6H3,(H,21,22)(H,23,24);2H2,(H,3,4). The van der Waals surface area contributed by atoms with E-state index in [0.29, 0.717) is 16.9 Å². The first-order chi connectivity index (χ1) is 12.5. The Hall–Kier alpha value is -3.01. The lowest BCUT2D eigenvalue weighted by Gasteiger charge is -2.36. The van der Waals surface area contributed by atoms with Crippen LogP contribution in [0.25, 0.3) is 0 Å². The first-order valence-corrected chi connectivity index (χ1v) is 8.32. The molecule has 0 heterocycles. The maximum atomic E-state index is 11.7. The summed E-state index contributed by atoms with van der Waals surface area (Å²) >= 11 is 0. The van der Waals surface area contributed by atoms with Crippen LogP contribution in [0, 0.1) is 0 Å². The van der Waals surface area contributed by atoms with Gasteiger partial charge in [-0.3, -0.25) is 9.80 Å². The molecule has 0 bridgehead atoms. The fraction of sp³-hybridized carbons (Fsp3) is 0.500. The molecule has 0 saturated heterocycles. The van der Waals surface area contributed by atoms with Crippen LogP contribution in [0.3, 0.4) is 0 Å². The first kappa shape index (κ1) is 25.0. The van der Waals surface area contributed by atoms with E-state index in [9.17, 15) is 24.9 Å². The zero-order valence-corrected chi connectivity index (χ0v) is 16.9. The number of nitrogens with two attached hydrogens (primary N) is 1. The van der Waals surface area contributed by atoms with E-state index in [1.54, 1.807) is 53.7 Å². The molecular formula is C18H29N3O7. The highest BCUT2D eigenvalue weighted by Gasteiger charge is 2.32. The zero-order chi connectivity index (χ0) is 22.4. The molecule has 0 fully saturated rings. The third kappa shape index (κ3) is 7.31. The molecule has 1 aromatic carbocycles. The van der Waals surface area contributed by atoms with Gasteiger partial charge in [-0.1, -0.05) is 0 Å². The highest BCUT2D eigenvalue weighted by Crippen LogP contribution is 2.33. The van der Waals surface area contributed by atoms with Gasteiger partial charge in [0.2, 0.25) is 0 Å². The van der Waals surface area contributed by atoms with Crippen LogP contribution >= 0.6 is 0 Å². The average Bonchev–Trinajstić information content (AvgIpc) is 2.42. The highest BCUT2D eigenvalue weighted by atomic mass is 16.4. The van der Waals surface area contributed by atoms with Crippen molar-refractivity contribution in [3.05, 3.63) is 23.8 Å². The van der Waals surface area contributed by atoms with Gasteiger partial charge in [0.1, 0.15) is 0 Å². The quantitative estimate of drug-likeness (QED) is 0.520. The van der Waals surface area contributed by atoms with E-state index >= 15 is 0 Å². The van der Waals surface area contributed by atoms with Crippen LogP contribution in [0.5, 0.6) is 0 Å². The summed E-state index contributed by atoms with van der Waals surface area (Å²) < 4.78 is 0. The van der Waals surface area contributed by atoms with Gasteiger partial charge in [-0.25, -0.2) is 14.4 Å². The smallest absolute Gasteiger partial charge is 0.412 e. The van der Waals surface area contributed by atoms with Crippen LogP contribution in [0.4, 0.5) is 25.8 Å². The molecule has 158 valence electrons. The summed E-state index contributed by atoms with van der Waals surface area (Å²) in [6.45, 7) is 10.1. The number of benzene rings is 1. The maximum absolute atomic E-state index is 11.7. The molecule has 0 aromatic heterocycles. The lowest BCUT2D eigenvalue weighted by molar-refractivity contribution is 0.195. The molecule has 10 nitrogen and oxygen atoms in total. The monoisotopic (exact) mass is 399 g/mol. The van der Waals surface area contributed by atoms with Gasteiger partial charge in [0.15, 0.2) is 0 Å². The number of aliphatic hydroxyl groups excluding tert-OH is 1. The number of primary amides is 1. The predicted molar refractivity (Wildman–Crippen MR) is 105 cm³/mol. The number of carboxylic acid groups (broad SMARTS) is 3. The molecule has 1 rings (SSSR count). The number of carbonyl (C=O) groups is 3. The van der Waals surface area contributed by atoms with Crippen molar-refractivity contribution in [1.29, 1.82) is 0 Å². The Balaban J connectivity index is 0.00000165. The number of anilines is 2. The average molecular weight is 399 g/mol. The van der Waals surface area contributed by atoms with E-state index < -0.39 is 29.4 Å². The van der Waals surface area contributed by atoms with Crippen molar-refractivity contribution in [3.8, 4) is 0 Å². The van der Waals surface area contributed by atoms with Gasteiger partial charge in [0, 0.05) is 11.1 Å². The second-order valence-electron chi connectivity index (χ2n) is 7.93. The maximum Gasteiger partial charge on any atom is 0.412 e. The number of nitrogens with zero attached hydrogens (tertiary/aromatic N) is 2. The van der Waals surface area contributed by atoms with Crippen LogP contribution in [-0.4, -0.2) is 49.8 Å². The van der Waals surface area contributed by atoms with Crippen molar-refractivity contribution >= 4 is 29.7 Å². The van der Waals surface area contributed by atoms with Crippen molar-refractivity contribution in [1.82, 2.24) is 0 Å². The minimum atomic E-state index is -1.33. The number of amides is 3. The highest BCUT2D eigenvalue weighted by molar-refractivity contribution is 5.92. The summed E-state index contributed by atoms with van der Waals surface area (Å²) in [7, 11) is 0. The van der Waals surface area contributed by atoms with Crippen molar-refractivity contribution in [2.24, 2.45) is 5.73 Å². The van der Waals surface area contributed by atoms with Crippen LogP contribution in [0.1, 0.15) is 47.1 Å². The molecule has 0 atom stereocenters. The lowest BCUT2D eigenvalue weighted by Crippen LogP contribution is -2.46. The molecule has 0 radical (unpaired) electrons. The van der Waals surface area contributed by atoms with Gasteiger partial charge in [-0.2, -0.15) is 0 Å². The third-order valence-electron chi connectivity index (χ3n) is 3.39. The van der Waals surface area contributed by atoms with Gasteiger partial charge in [-0.15, -0.1) is 0 Å². The Morgan fingerprint density at radius 1 is 0.821 bits per heavy atom. The first-order valence-electron chi connectivity index (χ1n) is 8.32. The summed E-state index contributed by atoms with van der Waals surface area (Å²) in [4.78, 5) is 34.5. The Labute approximate surface area is 163 Å². The number of hydrogen-bond acceptors (Lipinski definition) is 4. The number of rotatable bonds is 3. The third-order valence-corrected chi connectivity index (χ3v) is 3.39. The molecule has 0 aliphatic heterocycles. The molecule has 0 unspecified atom stereocenters. The second kappa shape index (κ2) is 9.27. The molecule has 0 aliphatic rings. The number of hydrogen-bond donors (Lipinski definition) is 5. The van der Waals surface area contributed by atoms with E-state index in [2.05, 4.69) is 5.73 Å². The summed E-state index contributed by atoms with van der Waals surface area (Å²) in [6, 6.07) is 4.61. The topological polar surface area (TPSA) is 165 Å².